The van der Waals surface area contributed by atoms with Crippen LogP contribution in [0, 0.1) is 24.7 Å². The lowest BCUT2D eigenvalue weighted by Gasteiger charge is -2.21. The van der Waals surface area contributed by atoms with E-state index in [1.807, 2.05) is 44.2 Å². The molecule has 1 aliphatic carbocycles. The van der Waals surface area contributed by atoms with Gasteiger partial charge in [0.05, 0.1) is 11.5 Å². The van der Waals surface area contributed by atoms with Crippen molar-refractivity contribution in [2.75, 3.05) is 6.61 Å². The third kappa shape index (κ3) is 1.01. The lowest BCUT2D eigenvalue weighted by molar-refractivity contribution is -0.143. The number of Topliss-reactive ketones (excluding diaryl/α,β-unsaturated/α-hetero) is 1. The Hall–Kier alpha value is -1.94. The van der Waals surface area contributed by atoms with E-state index in [-0.39, 0.29) is 24.5 Å². The largest absolute Gasteiger partial charge is 0.462 e. The van der Waals surface area contributed by atoms with Crippen LogP contribution in [0.15, 0.2) is 30.4 Å². The summed E-state index contributed by atoms with van der Waals surface area (Å²) in [4.78, 5) is 25.7. The number of ketones is 1. The molecular formula is C18H16O4. The number of benzene rings is 1. The number of fused-ring (bicyclic) bond motifs is 2. The van der Waals surface area contributed by atoms with Gasteiger partial charge < -0.3 is 9.47 Å². The minimum Gasteiger partial charge on any atom is -0.462 e. The molecule has 0 unspecified atom stereocenters. The first kappa shape index (κ1) is 12.6. The zero-order valence-corrected chi connectivity index (χ0v) is 12.5. The molecule has 4 nitrogen and oxygen atoms in total. The number of hydrogen-bond donors (Lipinski definition) is 0. The van der Waals surface area contributed by atoms with Crippen LogP contribution < -0.4 is 0 Å². The number of ether oxygens (including phenoxy) is 2. The molecule has 4 heteroatoms. The Kier molecular flexibility index (Phi) is 1.92. The highest BCUT2D eigenvalue weighted by molar-refractivity contribution is 6.11. The Morgan fingerprint density at radius 1 is 1.32 bits per heavy atom. The van der Waals surface area contributed by atoms with E-state index >= 15 is 0 Å². The number of carbonyl (C=O) groups is 2. The Labute approximate surface area is 128 Å². The average molecular weight is 296 g/mol. The van der Waals surface area contributed by atoms with Gasteiger partial charge in [-0.1, -0.05) is 23.8 Å². The van der Waals surface area contributed by atoms with Gasteiger partial charge in [0.1, 0.15) is 17.6 Å². The lowest BCUT2D eigenvalue weighted by atomic mass is 9.73. The molecule has 2 spiro atoms. The molecule has 4 aliphatic rings. The topological polar surface area (TPSA) is 52.6 Å². The van der Waals surface area contributed by atoms with Crippen molar-refractivity contribution in [1.82, 2.24) is 0 Å². The Balaban J connectivity index is 1.68. The molecule has 0 aromatic heterocycles. The zero-order chi connectivity index (χ0) is 15.3. The first-order chi connectivity index (χ1) is 10.5. The molecule has 0 radical (unpaired) electrons. The van der Waals surface area contributed by atoms with Crippen LogP contribution >= 0.6 is 0 Å². The highest BCUT2D eigenvalue weighted by Crippen LogP contribution is 2.82. The molecule has 4 atom stereocenters. The summed E-state index contributed by atoms with van der Waals surface area (Å²) in [5, 5.41) is 0. The highest BCUT2D eigenvalue weighted by Gasteiger charge is 2.94. The van der Waals surface area contributed by atoms with E-state index in [0.717, 1.165) is 11.1 Å². The number of cyclic esters (lactones) is 1. The molecule has 0 amide bonds. The van der Waals surface area contributed by atoms with Crippen LogP contribution in [0.3, 0.4) is 0 Å². The summed E-state index contributed by atoms with van der Waals surface area (Å²) in [6, 6.07) is 5.87. The van der Waals surface area contributed by atoms with Crippen molar-refractivity contribution >= 4 is 11.8 Å². The third-order valence-corrected chi connectivity index (χ3v) is 6.08. The van der Waals surface area contributed by atoms with Gasteiger partial charge in [-0.2, -0.15) is 0 Å². The van der Waals surface area contributed by atoms with Gasteiger partial charge in [-0.3, -0.25) is 9.59 Å². The number of carbonyl (C=O) groups excluding carboxylic acids is 2. The summed E-state index contributed by atoms with van der Waals surface area (Å²) in [7, 11) is 0. The second-order valence-electron chi connectivity index (χ2n) is 7.06. The van der Waals surface area contributed by atoms with Crippen molar-refractivity contribution < 1.29 is 19.1 Å². The maximum absolute atomic E-state index is 13.3. The summed E-state index contributed by atoms with van der Waals surface area (Å²) in [6.45, 7) is 4.14. The van der Waals surface area contributed by atoms with Crippen LogP contribution in [0.5, 0.6) is 0 Å². The third-order valence-electron chi connectivity index (χ3n) is 6.08. The van der Waals surface area contributed by atoms with Gasteiger partial charge in [-0.05, 0) is 38.0 Å². The smallest absolute Gasteiger partial charge is 0.316 e. The number of aryl methyl sites for hydroxylation is 2. The maximum Gasteiger partial charge on any atom is 0.316 e. The van der Waals surface area contributed by atoms with Crippen LogP contribution in [0.2, 0.25) is 0 Å². The number of rotatable bonds is 2. The Morgan fingerprint density at radius 3 is 2.95 bits per heavy atom. The molecule has 2 saturated heterocycles. The predicted octanol–water partition coefficient (Wildman–Crippen LogP) is 2.13. The van der Waals surface area contributed by atoms with Gasteiger partial charge >= 0.3 is 5.97 Å². The van der Waals surface area contributed by atoms with Crippen molar-refractivity contribution in [3.05, 3.63) is 47.0 Å². The van der Waals surface area contributed by atoms with Crippen molar-refractivity contribution in [3.63, 3.8) is 0 Å². The second-order valence-corrected chi connectivity index (χ2v) is 7.06. The second kappa shape index (κ2) is 3.35. The predicted molar refractivity (Wildman–Crippen MR) is 77.4 cm³/mol. The first-order valence-electron chi connectivity index (χ1n) is 7.63. The molecule has 3 fully saturated rings. The van der Waals surface area contributed by atoms with E-state index in [9.17, 15) is 9.59 Å². The summed E-state index contributed by atoms with van der Waals surface area (Å²) >= 11 is 0. The van der Waals surface area contributed by atoms with Gasteiger partial charge in [-0.15, -0.1) is 0 Å². The Bertz CT molecular complexity index is 794. The van der Waals surface area contributed by atoms with Gasteiger partial charge in [0, 0.05) is 5.56 Å². The maximum atomic E-state index is 13.3. The van der Waals surface area contributed by atoms with E-state index in [2.05, 4.69) is 0 Å². The van der Waals surface area contributed by atoms with Crippen molar-refractivity contribution in [1.29, 1.82) is 0 Å². The average Bonchev–Trinajstić information content (AvgIpc) is 2.84. The minimum absolute atomic E-state index is 0.0313. The van der Waals surface area contributed by atoms with E-state index in [1.165, 1.54) is 0 Å². The fourth-order valence-electron chi connectivity index (χ4n) is 4.85. The van der Waals surface area contributed by atoms with E-state index in [1.54, 1.807) is 0 Å². The number of hydrogen-bond acceptors (Lipinski definition) is 4. The van der Waals surface area contributed by atoms with Gasteiger partial charge in [-0.25, -0.2) is 0 Å². The van der Waals surface area contributed by atoms with Crippen molar-refractivity contribution in [2.24, 2.45) is 10.8 Å². The summed E-state index contributed by atoms with van der Waals surface area (Å²) < 4.78 is 11.3. The summed E-state index contributed by atoms with van der Waals surface area (Å²) in [5.74, 6) is -0.234. The fourth-order valence-corrected chi connectivity index (χ4v) is 4.85. The molecule has 3 heterocycles. The van der Waals surface area contributed by atoms with Crippen molar-refractivity contribution in [2.45, 2.75) is 32.0 Å². The van der Waals surface area contributed by atoms with Crippen LogP contribution in [0.4, 0.5) is 0 Å². The normalized spacial score (nSPS) is 43.0. The zero-order valence-electron chi connectivity index (χ0n) is 12.5. The standard InChI is InChI=1S/C18H16O4/c1-10-3-4-11(2)12(7-10)14(19)17-8-18(17)15(20)21-9-16(18)6-5-13(17)22-16/h3-7,13H,8-9H2,1-2H3/t13-,16-,17+,18+/m1/s1. The van der Waals surface area contributed by atoms with Gasteiger partial charge in [0.25, 0.3) is 0 Å². The summed E-state index contributed by atoms with van der Waals surface area (Å²) in [6.07, 6.45) is 4.12. The van der Waals surface area contributed by atoms with Gasteiger partial charge in [0.15, 0.2) is 5.78 Å². The molecular weight excluding hydrogens is 280 g/mol. The molecule has 1 aromatic rings. The fraction of sp³-hybridized carbons (Fsp3) is 0.444. The van der Waals surface area contributed by atoms with Crippen LogP contribution in [-0.4, -0.2) is 30.1 Å². The van der Waals surface area contributed by atoms with E-state index in [0.29, 0.717) is 12.0 Å². The minimum atomic E-state index is -0.785. The van der Waals surface area contributed by atoms with Crippen LogP contribution in [0.1, 0.15) is 27.9 Å². The molecule has 112 valence electrons. The van der Waals surface area contributed by atoms with E-state index < -0.39 is 16.4 Å². The lowest BCUT2D eigenvalue weighted by Crippen LogP contribution is -2.39. The van der Waals surface area contributed by atoms with Crippen LogP contribution in [0.25, 0.3) is 0 Å². The van der Waals surface area contributed by atoms with Crippen LogP contribution in [-0.2, 0) is 14.3 Å². The SMILES string of the molecule is Cc1ccc(C)c(C(=O)[C@@]23C[C@@]24C(=O)OC[C@]42C=C[C@H]3O2)c1. The van der Waals surface area contributed by atoms with Gasteiger partial charge in [0.2, 0.25) is 0 Å². The molecule has 5 rings (SSSR count). The quantitative estimate of drug-likeness (QED) is 0.476. The molecule has 1 aromatic carbocycles. The molecule has 1 saturated carbocycles. The Morgan fingerprint density at radius 2 is 2.14 bits per heavy atom. The van der Waals surface area contributed by atoms with Crippen molar-refractivity contribution in [3.8, 4) is 0 Å². The molecule has 22 heavy (non-hydrogen) atoms. The molecule has 0 N–H and O–H groups in total. The molecule has 2 bridgehead atoms. The highest BCUT2D eigenvalue weighted by atomic mass is 16.6. The molecule has 3 aliphatic heterocycles. The number of esters is 1. The monoisotopic (exact) mass is 296 g/mol. The first-order valence-corrected chi connectivity index (χ1v) is 7.63. The van der Waals surface area contributed by atoms with E-state index in [4.69, 9.17) is 9.47 Å². The summed E-state index contributed by atoms with van der Waals surface area (Å²) in [5.41, 5.74) is 0.446.